The van der Waals surface area contributed by atoms with Crippen LogP contribution in [0.15, 0.2) is 0 Å². The van der Waals surface area contributed by atoms with Gasteiger partial charge in [0.2, 0.25) is 5.91 Å². The maximum absolute atomic E-state index is 11.9. The minimum Gasteiger partial charge on any atom is -0.368 e. The Kier molecular flexibility index (Phi) is 5.91. The zero-order valence-electron chi connectivity index (χ0n) is 10.2. The molecule has 0 aliphatic heterocycles. The van der Waals surface area contributed by atoms with Crippen molar-refractivity contribution in [2.45, 2.75) is 37.9 Å². The van der Waals surface area contributed by atoms with Crippen molar-refractivity contribution in [1.82, 2.24) is 4.90 Å². The van der Waals surface area contributed by atoms with Gasteiger partial charge in [-0.3, -0.25) is 4.79 Å². The number of primary amides is 1. The van der Waals surface area contributed by atoms with Gasteiger partial charge in [0.15, 0.2) is 0 Å². The highest BCUT2D eigenvalue weighted by atomic mass is 19.4. The van der Waals surface area contributed by atoms with Crippen molar-refractivity contribution in [2.24, 2.45) is 11.5 Å². The van der Waals surface area contributed by atoms with Crippen molar-refractivity contribution >= 4 is 5.91 Å². The van der Waals surface area contributed by atoms with Gasteiger partial charge in [-0.15, -0.1) is 0 Å². The van der Waals surface area contributed by atoms with Gasteiger partial charge in [-0.05, 0) is 33.4 Å². The summed E-state index contributed by atoms with van der Waals surface area (Å²) in [5.41, 5.74) is 9.60. The lowest BCUT2D eigenvalue weighted by Gasteiger charge is -2.22. The number of hydrogen-bond donors (Lipinski definition) is 2. The van der Waals surface area contributed by atoms with E-state index in [1.165, 1.54) is 6.92 Å². The standard InChI is InChI=1S/C10H20F3N3O/c1-9(15,8(14)17)4-3-6-16(2)7-5-10(11,12)13/h3-7,15H2,1-2H3,(H2,14,17). The molecule has 0 rings (SSSR count). The zero-order chi connectivity index (χ0) is 13.7. The van der Waals surface area contributed by atoms with E-state index in [0.29, 0.717) is 19.4 Å². The van der Waals surface area contributed by atoms with Crippen LogP contribution >= 0.6 is 0 Å². The van der Waals surface area contributed by atoms with Crippen LogP contribution in [-0.4, -0.2) is 42.7 Å². The Morgan fingerprint density at radius 3 is 2.18 bits per heavy atom. The summed E-state index contributed by atoms with van der Waals surface area (Å²) in [7, 11) is 1.60. The molecule has 0 aromatic carbocycles. The van der Waals surface area contributed by atoms with E-state index in [0.717, 1.165) is 0 Å². The third-order valence-corrected chi connectivity index (χ3v) is 2.58. The van der Waals surface area contributed by atoms with E-state index < -0.39 is 24.0 Å². The summed E-state index contributed by atoms with van der Waals surface area (Å²) in [4.78, 5) is 12.4. The Hall–Kier alpha value is -0.820. The molecule has 0 fully saturated rings. The number of halogens is 3. The molecule has 0 bridgehead atoms. The van der Waals surface area contributed by atoms with Crippen LogP contribution in [-0.2, 0) is 4.79 Å². The van der Waals surface area contributed by atoms with Gasteiger partial charge >= 0.3 is 6.18 Å². The normalized spacial score (nSPS) is 15.9. The van der Waals surface area contributed by atoms with Crippen molar-refractivity contribution in [3.63, 3.8) is 0 Å². The Morgan fingerprint density at radius 2 is 1.76 bits per heavy atom. The third-order valence-electron chi connectivity index (χ3n) is 2.58. The van der Waals surface area contributed by atoms with Crippen LogP contribution in [0, 0.1) is 0 Å². The predicted octanol–water partition coefficient (Wildman–Crippen LogP) is 0.853. The van der Waals surface area contributed by atoms with Crippen LogP contribution in [0.4, 0.5) is 13.2 Å². The number of nitrogens with two attached hydrogens (primary N) is 2. The number of amides is 1. The van der Waals surface area contributed by atoms with Gasteiger partial charge in [-0.2, -0.15) is 13.2 Å². The molecule has 0 radical (unpaired) electrons. The summed E-state index contributed by atoms with van der Waals surface area (Å²) in [6, 6.07) is 0. The van der Waals surface area contributed by atoms with Gasteiger partial charge in [0.25, 0.3) is 0 Å². The van der Waals surface area contributed by atoms with Gasteiger partial charge in [0, 0.05) is 6.54 Å². The highest BCUT2D eigenvalue weighted by Crippen LogP contribution is 2.19. The summed E-state index contributed by atoms with van der Waals surface area (Å²) in [5.74, 6) is -0.601. The molecule has 0 saturated heterocycles. The summed E-state index contributed by atoms with van der Waals surface area (Å²) in [6.07, 6.45) is -4.08. The SMILES string of the molecule is CN(CCCC(C)(N)C(N)=O)CCC(F)(F)F. The molecule has 0 aliphatic carbocycles. The van der Waals surface area contributed by atoms with Gasteiger partial charge in [0.1, 0.15) is 0 Å². The second-order valence-electron chi connectivity index (χ2n) is 4.55. The van der Waals surface area contributed by atoms with Crippen LogP contribution in [0.3, 0.4) is 0 Å². The number of carbonyl (C=O) groups is 1. The fourth-order valence-electron chi connectivity index (χ4n) is 1.27. The Labute approximate surface area is 99.1 Å². The average molecular weight is 255 g/mol. The van der Waals surface area contributed by atoms with Crippen molar-refractivity contribution < 1.29 is 18.0 Å². The third kappa shape index (κ3) is 7.98. The van der Waals surface area contributed by atoms with Gasteiger partial charge in [-0.1, -0.05) is 0 Å². The Bertz CT molecular complexity index is 254. The molecule has 0 aliphatic rings. The fraction of sp³-hybridized carbons (Fsp3) is 0.900. The Morgan fingerprint density at radius 1 is 1.24 bits per heavy atom. The van der Waals surface area contributed by atoms with Crippen LogP contribution in [0.1, 0.15) is 26.2 Å². The zero-order valence-corrected chi connectivity index (χ0v) is 10.2. The van der Waals surface area contributed by atoms with E-state index in [2.05, 4.69) is 0 Å². The number of hydrogen-bond acceptors (Lipinski definition) is 3. The molecule has 4 N–H and O–H groups in total. The fourth-order valence-corrected chi connectivity index (χ4v) is 1.27. The molecular formula is C10H20F3N3O. The molecule has 0 heterocycles. The van der Waals surface area contributed by atoms with Crippen LogP contribution in [0.5, 0.6) is 0 Å². The maximum atomic E-state index is 11.9. The van der Waals surface area contributed by atoms with Crippen molar-refractivity contribution in [2.75, 3.05) is 20.1 Å². The van der Waals surface area contributed by atoms with E-state index in [4.69, 9.17) is 11.5 Å². The first-order valence-corrected chi connectivity index (χ1v) is 5.39. The lowest BCUT2D eigenvalue weighted by atomic mass is 9.96. The minimum absolute atomic E-state index is 0.0542. The summed E-state index contributed by atoms with van der Waals surface area (Å²) in [5, 5.41) is 0. The molecule has 17 heavy (non-hydrogen) atoms. The number of carbonyl (C=O) groups excluding carboxylic acids is 1. The topological polar surface area (TPSA) is 72.3 Å². The van der Waals surface area contributed by atoms with Crippen molar-refractivity contribution in [3.8, 4) is 0 Å². The molecule has 1 amide bonds. The van der Waals surface area contributed by atoms with E-state index in [1.807, 2.05) is 0 Å². The van der Waals surface area contributed by atoms with Gasteiger partial charge in [0.05, 0.1) is 12.0 Å². The molecule has 1 unspecified atom stereocenters. The number of alkyl halides is 3. The summed E-state index contributed by atoms with van der Waals surface area (Å²) in [6.45, 7) is 1.92. The first kappa shape index (κ1) is 16.2. The first-order valence-electron chi connectivity index (χ1n) is 5.39. The smallest absolute Gasteiger partial charge is 0.368 e. The molecular weight excluding hydrogens is 235 g/mol. The lowest BCUT2D eigenvalue weighted by molar-refractivity contribution is -0.137. The molecule has 0 saturated carbocycles. The van der Waals surface area contributed by atoms with Crippen molar-refractivity contribution in [3.05, 3.63) is 0 Å². The highest BCUT2D eigenvalue weighted by molar-refractivity contribution is 5.83. The predicted molar refractivity (Wildman–Crippen MR) is 59.2 cm³/mol. The minimum atomic E-state index is -4.14. The van der Waals surface area contributed by atoms with E-state index >= 15 is 0 Å². The summed E-state index contributed by atoms with van der Waals surface area (Å²) < 4.78 is 35.8. The average Bonchev–Trinajstić information content (AvgIpc) is 2.13. The molecule has 1 atom stereocenters. The van der Waals surface area contributed by atoms with E-state index in [1.54, 1.807) is 11.9 Å². The van der Waals surface area contributed by atoms with E-state index in [9.17, 15) is 18.0 Å². The molecule has 0 aromatic rings. The van der Waals surface area contributed by atoms with E-state index in [-0.39, 0.29) is 6.54 Å². The van der Waals surface area contributed by atoms with Crippen LogP contribution < -0.4 is 11.5 Å². The highest BCUT2D eigenvalue weighted by Gasteiger charge is 2.27. The second kappa shape index (κ2) is 6.20. The monoisotopic (exact) mass is 255 g/mol. The summed E-state index contributed by atoms with van der Waals surface area (Å²) >= 11 is 0. The molecule has 4 nitrogen and oxygen atoms in total. The quantitative estimate of drug-likeness (QED) is 0.708. The van der Waals surface area contributed by atoms with Crippen LogP contribution in [0.25, 0.3) is 0 Å². The molecule has 0 spiro atoms. The van der Waals surface area contributed by atoms with Crippen LogP contribution in [0.2, 0.25) is 0 Å². The van der Waals surface area contributed by atoms with Gasteiger partial charge in [-0.25, -0.2) is 0 Å². The lowest BCUT2D eigenvalue weighted by Crippen LogP contribution is -2.49. The van der Waals surface area contributed by atoms with Crippen molar-refractivity contribution in [1.29, 1.82) is 0 Å². The second-order valence-corrected chi connectivity index (χ2v) is 4.55. The Balaban J connectivity index is 3.79. The molecule has 7 heteroatoms. The number of rotatable bonds is 7. The largest absolute Gasteiger partial charge is 0.390 e. The van der Waals surface area contributed by atoms with Gasteiger partial charge < -0.3 is 16.4 Å². The maximum Gasteiger partial charge on any atom is 0.390 e. The molecule has 0 aromatic heterocycles. The first-order chi connectivity index (χ1) is 7.54. The molecule has 102 valence electrons. The number of nitrogens with zero attached hydrogens (tertiary/aromatic N) is 1.